The fourth-order valence-electron chi connectivity index (χ4n) is 1.13. The van der Waals surface area contributed by atoms with Gasteiger partial charge in [-0.25, -0.2) is 9.97 Å². The van der Waals surface area contributed by atoms with Crippen molar-refractivity contribution in [3.05, 3.63) is 36.2 Å². The van der Waals surface area contributed by atoms with Gasteiger partial charge in [0, 0.05) is 6.07 Å². The summed E-state index contributed by atoms with van der Waals surface area (Å²) >= 11 is 0. The molecule has 0 spiro atoms. The Bertz CT molecular complexity index is 472. The van der Waals surface area contributed by atoms with E-state index in [0.29, 0.717) is 0 Å². The van der Waals surface area contributed by atoms with E-state index < -0.39 is 5.91 Å². The summed E-state index contributed by atoms with van der Waals surface area (Å²) in [4.78, 5) is 17.8. The number of amides is 1. The zero-order chi connectivity index (χ0) is 9.26. The topological polar surface area (TPSA) is 70.1 Å². The highest BCUT2D eigenvalue weighted by Gasteiger charge is 2.07. The Kier molecular flexibility index (Phi) is 2.99. The Morgan fingerprint density at radius 3 is 2.79 bits per heavy atom. The largest absolute Gasteiger partial charge is 1.00 e. The molecule has 1 amide bonds. The van der Waals surface area contributed by atoms with Crippen LogP contribution in [-0.4, -0.2) is 10.9 Å². The molecular weight excluding hydrogens is 202 g/mol. The summed E-state index contributed by atoms with van der Waals surface area (Å²) in [7, 11) is 0. The molecule has 0 saturated heterocycles. The zero-order valence-corrected chi connectivity index (χ0v) is 7.95. The van der Waals surface area contributed by atoms with Crippen molar-refractivity contribution >= 4 is 16.9 Å². The van der Waals surface area contributed by atoms with E-state index in [1.165, 1.54) is 6.20 Å². The molecule has 1 aromatic heterocycles. The molecule has 2 rings (SSSR count). The lowest BCUT2D eigenvalue weighted by atomic mass is 10.3. The van der Waals surface area contributed by atoms with E-state index in [1.54, 1.807) is 0 Å². The van der Waals surface area contributed by atoms with Crippen LogP contribution in [-0.2, 0) is 0 Å². The minimum atomic E-state index is -0.526. The molecule has 0 aliphatic carbocycles. The second-order valence-corrected chi connectivity index (χ2v) is 2.67. The third-order valence-electron chi connectivity index (χ3n) is 1.76. The van der Waals surface area contributed by atoms with Gasteiger partial charge in [0.1, 0.15) is 5.52 Å². The van der Waals surface area contributed by atoms with Crippen molar-refractivity contribution in [3.63, 3.8) is 0 Å². The maximum absolute atomic E-state index is 10.8. The van der Waals surface area contributed by atoms with E-state index in [2.05, 4.69) is 9.97 Å². The third kappa shape index (κ3) is 1.80. The number of benzene rings is 1. The number of hydrogen-bond acceptors (Lipinski definition) is 2. The van der Waals surface area contributed by atoms with Crippen molar-refractivity contribution < 1.29 is 22.2 Å². The van der Waals surface area contributed by atoms with Gasteiger partial charge >= 0.3 is 0 Å². The Labute approximate surface area is 86.6 Å². The standard InChI is InChI=1S/C9H7N3O.ClH/c10-9(13)8-5-11-6-3-1-2-4-7(6)12-8;/h1-5H,(H2,10,13);1H. The first-order chi connectivity index (χ1) is 6.27. The molecule has 5 heteroatoms. The molecule has 0 unspecified atom stereocenters. The van der Waals surface area contributed by atoms with Crippen LogP contribution in [0.4, 0.5) is 0 Å². The first-order valence-electron chi connectivity index (χ1n) is 3.84. The van der Waals surface area contributed by atoms with E-state index in [0.717, 1.165) is 11.0 Å². The molecule has 0 atom stereocenters. The highest BCUT2D eigenvalue weighted by atomic mass is 35.5. The van der Waals surface area contributed by atoms with E-state index in [-0.39, 0.29) is 18.1 Å². The predicted octanol–water partition coefficient (Wildman–Crippen LogP) is -2.85. The van der Waals surface area contributed by atoms with Crippen LogP contribution >= 0.6 is 0 Å². The molecule has 2 aromatic rings. The Morgan fingerprint density at radius 2 is 2.07 bits per heavy atom. The average Bonchev–Trinajstić information content (AvgIpc) is 2.17. The molecule has 1 aromatic carbocycles. The molecule has 0 bridgehead atoms. The number of H-pyrrole nitrogens is 1. The normalized spacial score (nSPS) is 9.43. The van der Waals surface area contributed by atoms with Gasteiger partial charge < -0.3 is 18.1 Å². The van der Waals surface area contributed by atoms with Crippen LogP contribution in [0.2, 0.25) is 0 Å². The molecule has 0 radical (unpaired) electrons. The second kappa shape index (κ2) is 4.02. The van der Waals surface area contributed by atoms with Crippen LogP contribution in [0.1, 0.15) is 10.5 Å². The summed E-state index contributed by atoms with van der Waals surface area (Å²) in [5, 5.41) is 0. The van der Waals surface area contributed by atoms with E-state index in [9.17, 15) is 4.79 Å². The Morgan fingerprint density at radius 1 is 1.36 bits per heavy atom. The maximum atomic E-state index is 10.8. The molecule has 1 heterocycles. The fraction of sp³-hybridized carbons (Fsp3) is 0. The van der Waals surface area contributed by atoms with E-state index in [4.69, 9.17) is 5.73 Å². The van der Waals surface area contributed by atoms with Gasteiger partial charge in [-0.15, -0.1) is 0 Å². The number of carbonyl (C=O) groups excluding carboxylic acids is 1. The summed E-state index contributed by atoms with van der Waals surface area (Å²) in [5.74, 6) is -0.526. The number of hydrogen-bond donors (Lipinski definition) is 1. The lowest BCUT2D eigenvalue weighted by Gasteiger charge is -1.92. The minimum absolute atomic E-state index is 0. The molecule has 14 heavy (non-hydrogen) atoms. The number of primary amides is 1. The zero-order valence-electron chi connectivity index (χ0n) is 7.20. The van der Waals surface area contributed by atoms with Gasteiger partial charge in [0.15, 0.2) is 11.9 Å². The molecule has 0 aliphatic heterocycles. The number of rotatable bonds is 1. The smallest absolute Gasteiger partial charge is 0.273 e. The molecular formula is C9H8ClN3O. The number of carbonyl (C=O) groups is 1. The molecule has 0 saturated carbocycles. The van der Waals surface area contributed by atoms with Crippen LogP contribution in [0.5, 0.6) is 0 Å². The number of fused-ring (bicyclic) bond motifs is 1. The second-order valence-electron chi connectivity index (χ2n) is 2.67. The van der Waals surface area contributed by atoms with Gasteiger partial charge in [0.05, 0.1) is 0 Å². The number of halogens is 1. The number of aromatic amines is 1. The van der Waals surface area contributed by atoms with Crippen molar-refractivity contribution in [2.24, 2.45) is 5.73 Å². The average molecular weight is 210 g/mol. The first-order valence-corrected chi connectivity index (χ1v) is 3.84. The summed E-state index contributed by atoms with van der Waals surface area (Å²) < 4.78 is 0. The van der Waals surface area contributed by atoms with Gasteiger partial charge in [0.25, 0.3) is 5.91 Å². The quantitative estimate of drug-likeness (QED) is 0.550. The molecule has 0 aliphatic rings. The van der Waals surface area contributed by atoms with Gasteiger partial charge in [-0.2, -0.15) is 0 Å². The van der Waals surface area contributed by atoms with Gasteiger partial charge in [-0.3, -0.25) is 4.79 Å². The van der Waals surface area contributed by atoms with Crippen molar-refractivity contribution in [3.8, 4) is 0 Å². The molecule has 72 valence electrons. The highest BCUT2D eigenvalue weighted by molar-refractivity contribution is 5.91. The fourth-order valence-corrected chi connectivity index (χ4v) is 1.13. The Balaban J connectivity index is 0.000000980. The number of aromatic nitrogens is 2. The maximum Gasteiger partial charge on any atom is 0.273 e. The van der Waals surface area contributed by atoms with Crippen molar-refractivity contribution in [2.75, 3.05) is 0 Å². The number of para-hydroxylation sites is 2. The van der Waals surface area contributed by atoms with Crippen LogP contribution in [0, 0.1) is 0 Å². The van der Waals surface area contributed by atoms with Crippen molar-refractivity contribution in [2.45, 2.75) is 0 Å². The minimum Gasteiger partial charge on any atom is -1.00 e. The van der Waals surface area contributed by atoms with Crippen molar-refractivity contribution in [1.29, 1.82) is 0 Å². The van der Waals surface area contributed by atoms with Crippen LogP contribution in [0.25, 0.3) is 11.0 Å². The molecule has 4 nitrogen and oxygen atoms in total. The first kappa shape index (κ1) is 10.4. The lowest BCUT2D eigenvalue weighted by Crippen LogP contribution is -3.00. The number of nitrogens with one attached hydrogen (secondary N) is 1. The summed E-state index contributed by atoms with van der Waals surface area (Å²) in [6.07, 6.45) is 1.50. The van der Waals surface area contributed by atoms with E-state index in [1.807, 2.05) is 24.3 Å². The molecule has 3 N–H and O–H groups in total. The Hall–Kier alpha value is -1.68. The lowest BCUT2D eigenvalue weighted by molar-refractivity contribution is -0.345. The number of nitrogens with two attached hydrogens (primary N) is 1. The monoisotopic (exact) mass is 209 g/mol. The van der Waals surface area contributed by atoms with Gasteiger partial charge in [-0.1, -0.05) is 12.1 Å². The number of nitrogens with zero attached hydrogens (tertiary/aromatic N) is 1. The summed E-state index contributed by atoms with van der Waals surface area (Å²) in [6, 6.07) is 7.45. The SMILES string of the molecule is NC(=O)c1c[nH+]c2ccccc2n1.[Cl-]. The summed E-state index contributed by atoms with van der Waals surface area (Å²) in [5.41, 5.74) is 6.95. The van der Waals surface area contributed by atoms with Crippen LogP contribution < -0.4 is 23.1 Å². The van der Waals surface area contributed by atoms with Crippen molar-refractivity contribution in [1.82, 2.24) is 4.98 Å². The third-order valence-corrected chi connectivity index (χ3v) is 1.76. The highest BCUT2D eigenvalue weighted by Crippen LogP contribution is 2.04. The molecule has 0 fully saturated rings. The summed E-state index contributed by atoms with van der Waals surface area (Å²) in [6.45, 7) is 0. The van der Waals surface area contributed by atoms with Gasteiger partial charge in [-0.05, 0) is 6.07 Å². The van der Waals surface area contributed by atoms with Gasteiger partial charge in [0.2, 0.25) is 5.52 Å². The predicted molar refractivity (Wildman–Crippen MR) is 46.8 cm³/mol. The van der Waals surface area contributed by atoms with Crippen LogP contribution in [0.15, 0.2) is 30.5 Å². The van der Waals surface area contributed by atoms with Crippen LogP contribution in [0.3, 0.4) is 0 Å². The van der Waals surface area contributed by atoms with E-state index >= 15 is 0 Å².